The van der Waals surface area contributed by atoms with Crippen molar-refractivity contribution in [3.8, 4) is 11.5 Å². The Balaban J connectivity index is 1.90. The van der Waals surface area contributed by atoms with Crippen LogP contribution in [0.5, 0.6) is 11.5 Å². The Morgan fingerprint density at radius 2 is 1.76 bits per heavy atom. The Hall–Kier alpha value is -1.77. The van der Waals surface area contributed by atoms with Gasteiger partial charge in [-0.1, -0.05) is 41.4 Å². The molecule has 0 fully saturated rings. The van der Waals surface area contributed by atoms with Crippen molar-refractivity contribution in [2.75, 3.05) is 13.2 Å². The number of amides is 2. The second kappa shape index (κ2) is 11.4. The summed E-state index contributed by atoms with van der Waals surface area (Å²) in [6.07, 6.45) is 0.867. The van der Waals surface area contributed by atoms with E-state index in [0.29, 0.717) is 39.1 Å². The molecule has 6 nitrogen and oxygen atoms in total. The largest absolute Gasteiger partial charge is 0.493 e. The van der Waals surface area contributed by atoms with Crippen molar-refractivity contribution < 1.29 is 19.1 Å². The van der Waals surface area contributed by atoms with Crippen LogP contribution in [0.15, 0.2) is 45.3 Å². The van der Waals surface area contributed by atoms with Crippen LogP contribution >= 0.6 is 43.5 Å². The van der Waals surface area contributed by atoms with Gasteiger partial charge in [-0.25, -0.2) is 0 Å². The van der Waals surface area contributed by atoms with Gasteiger partial charge in [0.2, 0.25) is 0 Å². The third-order valence-electron chi connectivity index (χ3n) is 3.71. The fraction of sp³-hybridized carbons (Fsp3) is 0.300. The molecule has 29 heavy (non-hydrogen) atoms. The van der Waals surface area contributed by atoms with E-state index in [0.717, 1.165) is 10.9 Å². The number of rotatable bonds is 8. The molecule has 2 N–H and O–H groups in total. The summed E-state index contributed by atoms with van der Waals surface area (Å²) in [6.45, 7) is 4.41. The van der Waals surface area contributed by atoms with Crippen LogP contribution in [0.1, 0.15) is 30.6 Å². The van der Waals surface area contributed by atoms with E-state index < -0.39 is 11.8 Å². The topological polar surface area (TPSA) is 76.7 Å². The second-order valence-electron chi connectivity index (χ2n) is 6.54. The summed E-state index contributed by atoms with van der Waals surface area (Å²) in [7, 11) is 0. The van der Waals surface area contributed by atoms with E-state index in [4.69, 9.17) is 21.1 Å². The molecule has 2 rings (SSSR count). The van der Waals surface area contributed by atoms with Gasteiger partial charge >= 0.3 is 0 Å². The summed E-state index contributed by atoms with van der Waals surface area (Å²) in [5.74, 6) is 0.387. The quantitative estimate of drug-likeness (QED) is 0.449. The molecule has 0 aromatic heterocycles. The maximum Gasteiger partial charge on any atom is 0.276 e. The molecular formula is C20H21Br2ClN2O4. The number of halogens is 3. The summed E-state index contributed by atoms with van der Waals surface area (Å²) in [4.78, 5) is 24.5. The number of ether oxygens (including phenoxy) is 2. The number of hydrazine groups is 1. The van der Waals surface area contributed by atoms with Gasteiger partial charge in [-0.2, -0.15) is 0 Å². The standard InChI is InChI=1S/C20H21Br2ClN2O4/c1-12(2)7-8-28-17-5-3-13(21)9-15(17)20(27)25-24-19(26)11-29-18-6-4-14(23)10-16(18)22/h3-6,9-10,12H,7-8,11H2,1-2H3,(H,24,26)(H,25,27). The van der Waals surface area contributed by atoms with Crippen LogP contribution in [-0.4, -0.2) is 25.0 Å². The average molecular weight is 549 g/mol. The van der Waals surface area contributed by atoms with E-state index in [1.54, 1.807) is 36.4 Å². The molecule has 156 valence electrons. The van der Waals surface area contributed by atoms with Crippen molar-refractivity contribution in [3.63, 3.8) is 0 Å². The van der Waals surface area contributed by atoms with Crippen LogP contribution in [0, 0.1) is 5.92 Å². The maximum absolute atomic E-state index is 12.5. The highest BCUT2D eigenvalue weighted by atomic mass is 79.9. The molecule has 2 amide bonds. The van der Waals surface area contributed by atoms with E-state index >= 15 is 0 Å². The lowest BCUT2D eigenvalue weighted by Gasteiger charge is -2.14. The summed E-state index contributed by atoms with van der Waals surface area (Å²) < 4.78 is 12.5. The first-order valence-electron chi connectivity index (χ1n) is 8.85. The highest BCUT2D eigenvalue weighted by molar-refractivity contribution is 9.10. The third kappa shape index (κ3) is 7.87. The van der Waals surface area contributed by atoms with Crippen molar-refractivity contribution >= 4 is 55.3 Å². The molecule has 0 aliphatic heterocycles. The highest BCUT2D eigenvalue weighted by Gasteiger charge is 2.15. The normalized spacial score (nSPS) is 10.6. The molecule has 2 aromatic carbocycles. The Morgan fingerprint density at radius 3 is 2.45 bits per heavy atom. The number of benzene rings is 2. The SMILES string of the molecule is CC(C)CCOc1ccc(Br)cc1C(=O)NNC(=O)COc1ccc(Cl)cc1Br. The lowest BCUT2D eigenvalue weighted by atomic mass is 10.1. The number of carbonyl (C=O) groups excluding carboxylic acids is 2. The molecule has 0 aliphatic carbocycles. The van der Waals surface area contributed by atoms with Crippen LogP contribution < -0.4 is 20.3 Å². The fourth-order valence-corrected chi connectivity index (χ4v) is 3.33. The van der Waals surface area contributed by atoms with Crippen molar-refractivity contribution in [2.45, 2.75) is 20.3 Å². The van der Waals surface area contributed by atoms with Gasteiger partial charge in [-0.05, 0) is 64.7 Å². The molecule has 0 saturated heterocycles. The van der Waals surface area contributed by atoms with Gasteiger partial charge in [-0.3, -0.25) is 20.4 Å². The number of carbonyl (C=O) groups is 2. The molecule has 0 atom stereocenters. The molecule has 0 saturated carbocycles. The van der Waals surface area contributed by atoms with Crippen LogP contribution in [0.25, 0.3) is 0 Å². The maximum atomic E-state index is 12.5. The Morgan fingerprint density at radius 1 is 1.03 bits per heavy atom. The second-order valence-corrected chi connectivity index (χ2v) is 8.74. The molecule has 0 radical (unpaired) electrons. The summed E-state index contributed by atoms with van der Waals surface area (Å²) >= 11 is 12.5. The van der Waals surface area contributed by atoms with Gasteiger partial charge in [0.05, 0.1) is 16.6 Å². The van der Waals surface area contributed by atoms with Crippen LogP contribution in [0.3, 0.4) is 0 Å². The minimum absolute atomic E-state index is 0.281. The molecule has 0 heterocycles. The average Bonchev–Trinajstić information content (AvgIpc) is 2.66. The van der Waals surface area contributed by atoms with Crippen LogP contribution in [-0.2, 0) is 4.79 Å². The van der Waals surface area contributed by atoms with Gasteiger partial charge in [-0.15, -0.1) is 0 Å². The van der Waals surface area contributed by atoms with E-state index in [-0.39, 0.29) is 6.61 Å². The molecule has 0 bridgehead atoms. The molecule has 0 spiro atoms. The Kier molecular flexibility index (Phi) is 9.26. The minimum Gasteiger partial charge on any atom is -0.493 e. The first-order valence-corrected chi connectivity index (χ1v) is 10.8. The van der Waals surface area contributed by atoms with E-state index in [2.05, 4.69) is 56.6 Å². The zero-order valence-electron chi connectivity index (χ0n) is 15.9. The molecule has 9 heteroatoms. The van der Waals surface area contributed by atoms with Gasteiger partial charge in [0.1, 0.15) is 11.5 Å². The third-order valence-corrected chi connectivity index (χ3v) is 5.06. The lowest BCUT2D eigenvalue weighted by molar-refractivity contribution is -0.123. The fourth-order valence-electron chi connectivity index (χ4n) is 2.18. The monoisotopic (exact) mass is 546 g/mol. The predicted molar refractivity (Wildman–Crippen MR) is 119 cm³/mol. The predicted octanol–water partition coefficient (Wildman–Crippen LogP) is 5.13. The zero-order valence-corrected chi connectivity index (χ0v) is 19.9. The van der Waals surface area contributed by atoms with E-state index in [1.807, 2.05) is 0 Å². The summed E-state index contributed by atoms with van der Waals surface area (Å²) in [6, 6.07) is 10.1. The van der Waals surface area contributed by atoms with Crippen molar-refractivity contribution in [1.29, 1.82) is 0 Å². The highest BCUT2D eigenvalue weighted by Crippen LogP contribution is 2.28. The summed E-state index contributed by atoms with van der Waals surface area (Å²) in [5.41, 5.74) is 5.01. The van der Waals surface area contributed by atoms with Crippen molar-refractivity contribution in [2.24, 2.45) is 5.92 Å². The Labute approximate surface area is 191 Å². The first-order chi connectivity index (χ1) is 13.8. The van der Waals surface area contributed by atoms with E-state index in [9.17, 15) is 9.59 Å². The first kappa shape index (κ1) is 23.5. The Bertz CT molecular complexity index is 878. The van der Waals surface area contributed by atoms with Gasteiger partial charge in [0.25, 0.3) is 11.8 Å². The van der Waals surface area contributed by atoms with Crippen LogP contribution in [0.4, 0.5) is 0 Å². The lowest BCUT2D eigenvalue weighted by Crippen LogP contribution is -2.44. The molecule has 0 unspecified atom stereocenters. The number of hydrogen-bond donors (Lipinski definition) is 2. The molecule has 2 aromatic rings. The van der Waals surface area contributed by atoms with Gasteiger partial charge in [0, 0.05) is 9.50 Å². The van der Waals surface area contributed by atoms with Crippen LogP contribution in [0.2, 0.25) is 5.02 Å². The minimum atomic E-state index is -0.516. The van der Waals surface area contributed by atoms with Gasteiger partial charge < -0.3 is 9.47 Å². The number of hydrogen-bond acceptors (Lipinski definition) is 4. The molecule has 0 aliphatic rings. The number of nitrogens with one attached hydrogen (secondary N) is 2. The van der Waals surface area contributed by atoms with Crippen molar-refractivity contribution in [3.05, 3.63) is 55.9 Å². The van der Waals surface area contributed by atoms with Gasteiger partial charge in [0.15, 0.2) is 6.61 Å². The molecular weight excluding hydrogens is 527 g/mol. The zero-order chi connectivity index (χ0) is 21.4. The van der Waals surface area contributed by atoms with Crippen molar-refractivity contribution in [1.82, 2.24) is 10.9 Å². The van der Waals surface area contributed by atoms with E-state index in [1.165, 1.54) is 0 Å². The summed E-state index contributed by atoms with van der Waals surface area (Å²) in [5, 5.41) is 0.543. The smallest absolute Gasteiger partial charge is 0.276 e.